The predicted molar refractivity (Wildman–Crippen MR) is 60.9 cm³/mol. The summed E-state index contributed by atoms with van der Waals surface area (Å²) in [6, 6.07) is 2.19. The second-order valence-electron chi connectivity index (χ2n) is 4.76. The molecule has 0 amide bonds. The Balaban J connectivity index is 2.62. The van der Waals surface area contributed by atoms with E-state index < -0.39 is 23.9 Å². The molecule has 0 saturated heterocycles. The van der Waals surface area contributed by atoms with E-state index in [9.17, 15) is 18.4 Å². The minimum atomic E-state index is -4.34. The first kappa shape index (κ1) is 15.3. The van der Waals surface area contributed by atoms with Gasteiger partial charge in [-0.15, -0.1) is 0 Å². The van der Waals surface area contributed by atoms with Crippen molar-refractivity contribution in [3.05, 3.63) is 0 Å². The Morgan fingerprint density at radius 2 is 2.22 bits per heavy atom. The summed E-state index contributed by atoms with van der Waals surface area (Å²) in [5.74, 6) is 0. The lowest BCUT2D eigenvalue weighted by Crippen LogP contribution is -2.50. The van der Waals surface area contributed by atoms with Gasteiger partial charge in [0, 0.05) is 6.42 Å². The zero-order valence-electron chi connectivity index (χ0n) is 10.7. The molecule has 3 nitrogen and oxygen atoms in total. The van der Waals surface area contributed by atoms with Crippen LogP contribution in [-0.4, -0.2) is 30.5 Å². The first-order valence-electron chi connectivity index (χ1n) is 6.21. The normalized spacial score (nSPS) is 30.8. The van der Waals surface area contributed by atoms with Crippen LogP contribution in [0.2, 0.25) is 0 Å². The lowest BCUT2D eigenvalue weighted by atomic mass is 9.81. The van der Waals surface area contributed by atoms with E-state index >= 15 is 0 Å². The molecule has 1 N–H and O–H groups in total. The summed E-state index contributed by atoms with van der Waals surface area (Å²) in [6.45, 7) is 3.51. The van der Waals surface area contributed by atoms with E-state index in [0.29, 0.717) is 32.2 Å². The largest absolute Gasteiger partial charge is 0.414 e. The molecule has 1 fully saturated rings. The molecule has 3 unspecified atom stereocenters. The van der Waals surface area contributed by atoms with E-state index in [1.807, 2.05) is 6.92 Å². The molecule has 1 aliphatic rings. The Kier molecular flexibility index (Phi) is 5.00. The van der Waals surface area contributed by atoms with E-state index in [1.54, 1.807) is 0 Å². The van der Waals surface area contributed by atoms with Crippen molar-refractivity contribution in [1.29, 1.82) is 5.26 Å². The lowest BCUT2D eigenvalue weighted by molar-refractivity contribution is -0.230. The average Bonchev–Trinajstić information content (AvgIpc) is 2.28. The first-order chi connectivity index (χ1) is 8.33. The molecule has 3 atom stereocenters. The standard InChI is InChI=1S/C12H19F3N2O/c1-3-17-11(8-16)6-4-5-10(7-11)18-9(2)12(13,14)15/h9-10,17H,3-7H2,1-2H3. The van der Waals surface area contributed by atoms with E-state index in [0.717, 1.165) is 6.92 Å². The number of hydrogen-bond donors (Lipinski definition) is 1. The minimum absolute atomic E-state index is 0.317. The van der Waals surface area contributed by atoms with Crippen molar-refractivity contribution in [2.75, 3.05) is 6.54 Å². The SMILES string of the molecule is CCNC1(C#N)CCCC(OC(C)C(F)(F)F)C1. The maximum atomic E-state index is 12.4. The summed E-state index contributed by atoms with van der Waals surface area (Å²) in [6.07, 6.45) is -4.36. The lowest BCUT2D eigenvalue weighted by Gasteiger charge is -2.37. The van der Waals surface area contributed by atoms with Crippen LogP contribution >= 0.6 is 0 Å². The molecule has 0 aromatic rings. The summed E-state index contributed by atoms with van der Waals surface area (Å²) in [5, 5.41) is 12.3. The highest BCUT2D eigenvalue weighted by atomic mass is 19.4. The van der Waals surface area contributed by atoms with Gasteiger partial charge in [0.05, 0.1) is 12.2 Å². The van der Waals surface area contributed by atoms with Crippen LogP contribution in [0, 0.1) is 11.3 Å². The molecule has 1 rings (SSSR count). The maximum Gasteiger partial charge on any atom is 0.414 e. The van der Waals surface area contributed by atoms with Gasteiger partial charge < -0.3 is 4.74 Å². The highest BCUT2D eigenvalue weighted by Crippen LogP contribution is 2.32. The number of alkyl halides is 3. The van der Waals surface area contributed by atoms with Gasteiger partial charge in [0.2, 0.25) is 0 Å². The van der Waals surface area contributed by atoms with Crippen molar-refractivity contribution < 1.29 is 17.9 Å². The summed E-state index contributed by atoms with van der Waals surface area (Å²) in [7, 11) is 0. The number of ether oxygens (including phenoxy) is 1. The number of halogens is 3. The van der Waals surface area contributed by atoms with Crippen LogP contribution < -0.4 is 5.32 Å². The first-order valence-corrected chi connectivity index (χ1v) is 6.21. The highest BCUT2D eigenvalue weighted by molar-refractivity contribution is 5.10. The smallest absolute Gasteiger partial charge is 0.366 e. The second kappa shape index (κ2) is 5.89. The number of nitrogens with one attached hydrogen (secondary N) is 1. The van der Waals surface area contributed by atoms with Crippen LogP contribution in [0.4, 0.5) is 13.2 Å². The van der Waals surface area contributed by atoms with Gasteiger partial charge in [-0.1, -0.05) is 6.92 Å². The van der Waals surface area contributed by atoms with Gasteiger partial charge in [-0.05, 0) is 32.7 Å². The van der Waals surface area contributed by atoms with Crippen LogP contribution in [-0.2, 0) is 4.74 Å². The molecule has 1 saturated carbocycles. The van der Waals surface area contributed by atoms with Gasteiger partial charge in [-0.3, -0.25) is 5.32 Å². The van der Waals surface area contributed by atoms with Crippen molar-refractivity contribution in [2.45, 2.75) is 63.5 Å². The fourth-order valence-corrected chi connectivity index (χ4v) is 2.35. The third-order valence-corrected chi connectivity index (χ3v) is 3.29. The zero-order chi connectivity index (χ0) is 13.8. The van der Waals surface area contributed by atoms with Crippen LogP contribution in [0.1, 0.15) is 39.5 Å². The third-order valence-electron chi connectivity index (χ3n) is 3.29. The Hall–Kier alpha value is -0.800. The van der Waals surface area contributed by atoms with Gasteiger partial charge in [0.15, 0.2) is 6.10 Å². The Bertz CT molecular complexity index is 309. The molecule has 0 heterocycles. The fraction of sp³-hybridized carbons (Fsp3) is 0.917. The van der Waals surface area contributed by atoms with Crippen molar-refractivity contribution in [3.8, 4) is 6.07 Å². The molecule has 0 radical (unpaired) electrons. The second-order valence-corrected chi connectivity index (χ2v) is 4.76. The van der Waals surface area contributed by atoms with Gasteiger partial charge in [-0.25, -0.2) is 0 Å². The number of nitrogens with zero attached hydrogens (tertiary/aromatic N) is 1. The molecule has 1 aliphatic carbocycles. The predicted octanol–water partition coefficient (Wildman–Crippen LogP) is 2.77. The minimum Gasteiger partial charge on any atom is -0.366 e. The van der Waals surface area contributed by atoms with Crippen LogP contribution in [0.3, 0.4) is 0 Å². The van der Waals surface area contributed by atoms with Gasteiger partial charge in [0.1, 0.15) is 5.54 Å². The molecule has 0 aromatic carbocycles. The maximum absolute atomic E-state index is 12.4. The number of rotatable bonds is 4. The Labute approximate surface area is 105 Å². The molecule has 0 aromatic heterocycles. The van der Waals surface area contributed by atoms with Crippen molar-refractivity contribution in [1.82, 2.24) is 5.32 Å². The van der Waals surface area contributed by atoms with Gasteiger partial charge in [-0.2, -0.15) is 18.4 Å². The molecule has 0 spiro atoms. The number of hydrogen-bond acceptors (Lipinski definition) is 3. The molecular formula is C12H19F3N2O. The average molecular weight is 264 g/mol. The fourth-order valence-electron chi connectivity index (χ4n) is 2.35. The van der Waals surface area contributed by atoms with Crippen LogP contribution in [0.5, 0.6) is 0 Å². The third kappa shape index (κ3) is 3.85. The monoisotopic (exact) mass is 264 g/mol. The van der Waals surface area contributed by atoms with E-state index in [-0.39, 0.29) is 0 Å². The summed E-state index contributed by atoms with van der Waals surface area (Å²) < 4.78 is 42.3. The molecule has 104 valence electrons. The van der Waals surface area contributed by atoms with Gasteiger partial charge in [0.25, 0.3) is 0 Å². The molecule has 6 heteroatoms. The molecule has 0 aliphatic heterocycles. The Morgan fingerprint density at radius 1 is 1.56 bits per heavy atom. The van der Waals surface area contributed by atoms with E-state index in [2.05, 4.69) is 11.4 Å². The van der Waals surface area contributed by atoms with Crippen molar-refractivity contribution in [3.63, 3.8) is 0 Å². The number of nitriles is 1. The highest BCUT2D eigenvalue weighted by Gasteiger charge is 2.42. The molecule has 0 bridgehead atoms. The van der Waals surface area contributed by atoms with Crippen molar-refractivity contribution in [2.24, 2.45) is 0 Å². The van der Waals surface area contributed by atoms with E-state index in [1.165, 1.54) is 0 Å². The molecular weight excluding hydrogens is 245 g/mol. The Morgan fingerprint density at radius 3 is 2.72 bits per heavy atom. The quantitative estimate of drug-likeness (QED) is 0.849. The summed E-state index contributed by atoms with van der Waals surface area (Å²) >= 11 is 0. The summed E-state index contributed by atoms with van der Waals surface area (Å²) in [4.78, 5) is 0. The topological polar surface area (TPSA) is 45.0 Å². The molecule has 18 heavy (non-hydrogen) atoms. The van der Waals surface area contributed by atoms with Crippen LogP contribution in [0.25, 0.3) is 0 Å². The van der Waals surface area contributed by atoms with E-state index in [4.69, 9.17) is 4.74 Å². The summed E-state index contributed by atoms with van der Waals surface area (Å²) in [5.41, 5.74) is -0.733. The van der Waals surface area contributed by atoms with Crippen molar-refractivity contribution >= 4 is 0 Å². The zero-order valence-corrected chi connectivity index (χ0v) is 10.7. The van der Waals surface area contributed by atoms with Gasteiger partial charge >= 0.3 is 6.18 Å². The van der Waals surface area contributed by atoms with Crippen LogP contribution in [0.15, 0.2) is 0 Å².